The fraction of sp³-hybridized carbons (Fsp3) is 0.222. The molecule has 2 rings (SSSR count). The second-order valence-corrected chi connectivity index (χ2v) is 6.27. The molecule has 0 fully saturated rings. The summed E-state index contributed by atoms with van der Waals surface area (Å²) in [6.45, 7) is 1.87. The van der Waals surface area contributed by atoms with Crippen molar-refractivity contribution < 1.29 is 14.3 Å². The average molecular weight is 381 g/mol. The molecule has 0 atom stereocenters. The Kier molecular flexibility index (Phi) is 6.28. The molecule has 132 valence electrons. The standard InChI is InChI=1S/C18H18Cl2N2O3/c1-11(23)22(2)10-12-6-4-5-7-16(12)21-18(24)13-8-14(19)17(25-3)15(20)9-13/h4-9H,10H2,1-3H3,(H,21,24). The molecule has 0 aliphatic carbocycles. The van der Waals surface area contributed by atoms with Gasteiger partial charge in [0, 0.05) is 31.8 Å². The number of rotatable bonds is 5. The maximum Gasteiger partial charge on any atom is 0.255 e. The molecule has 0 aromatic heterocycles. The maximum atomic E-state index is 12.5. The molecule has 0 saturated heterocycles. The molecule has 2 aromatic carbocycles. The molecule has 2 amide bonds. The van der Waals surface area contributed by atoms with E-state index in [0.717, 1.165) is 5.56 Å². The van der Waals surface area contributed by atoms with E-state index in [-0.39, 0.29) is 21.9 Å². The largest absolute Gasteiger partial charge is 0.494 e. The molecule has 0 aliphatic rings. The Balaban J connectivity index is 2.25. The second kappa shape index (κ2) is 8.23. The van der Waals surface area contributed by atoms with Gasteiger partial charge >= 0.3 is 0 Å². The Morgan fingerprint density at radius 3 is 2.32 bits per heavy atom. The summed E-state index contributed by atoms with van der Waals surface area (Å²) in [6.07, 6.45) is 0. The number of hydrogen-bond acceptors (Lipinski definition) is 3. The van der Waals surface area contributed by atoms with Crippen LogP contribution in [0.3, 0.4) is 0 Å². The van der Waals surface area contributed by atoms with Gasteiger partial charge in [0.2, 0.25) is 5.91 Å². The van der Waals surface area contributed by atoms with Gasteiger partial charge in [0.25, 0.3) is 5.91 Å². The van der Waals surface area contributed by atoms with E-state index in [9.17, 15) is 9.59 Å². The van der Waals surface area contributed by atoms with Crippen molar-refractivity contribution >= 4 is 40.7 Å². The number of carbonyl (C=O) groups is 2. The fourth-order valence-electron chi connectivity index (χ4n) is 2.23. The van der Waals surface area contributed by atoms with Gasteiger partial charge in [0.05, 0.1) is 17.2 Å². The van der Waals surface area contributed by atoms with Crippen LogP contribution in [0, 0.1) is 0 Å². The summed E-state index contributed by atoms with van der Waals surface area (Å²) in [4.78, 5) is 25.5. The lowest BCUT2D eigenvalue weighted by Crippen LogP contribution is -2.24. The third-order valence-corrected chi connectivity index (χ3v) is 4.24. The molecule has 2 aromatic rings. The first-order valence-electron chi connectivity index (χ1n) is 7.47. The van der Waals surface area contributed by atoms with Crippen molar-refractivity contribution in [1.29, 1.82) is 0 Å². The zero-order valence-corrected chi connectivity index (χ0v) is 15.6. The van der Waals surface area contributed by atoms with Crippen LogP contribution >= 0.6 is 23.2 Å². The van der Waals surface area contributed by atoms with Crippen LogP contribution < -0.4 is 10.1 Å². The summed E-state index contributed by atoms with van der Waals surface area (Å²) in [6, 6.07) is 10.3. The minimum Gasteiger partial charge on any atom is -0.494 e. The maximum absolute atomic E-state index is 12.5. The molecule has 7 heteroatoms. The highest BCUT2D eigenvalue weighted by Crippen LogP contribution is 2.34. The predicted octanol–water partition coefficient (Wildman–Crippen LogP) is 4.23. The summed E-state index contributed by atoms with van der Waals surface area (Å²) in [7, 11) is 3.15. The van der Waals surface area contributed by atoms with Crippen LogP contribution in [0.5, 0.6) is 5.75 Å². The number of amides is 2. The first-order chi connectivity index (χ1) is 11.8. The van der Waals surface area contributed by atoms with Crippen LogP contribution in [-0.4, -0.2) is 30.9 Å². The lowest BCUT2D eigenvalue weighted by Gasteiger charge is -2.18. The van der Waals surface area contributed by atoms with Crippen LogP contribution in [0.2, 0.25) is 10.0 Å². The Bertz CT molecular complexity index is 786. The lowest BCUT2D eigenvalue weighted by atomic mass is 10.1. The van der Waals surface area contributed by atoms with Crippen molar-refractivity contribution in [3.05, 3.63) is 57.6 Å². The monoisotopic (exact) mass is 380 g/mol. The molecular formula is C18H18Cl2N2O3. The van der Waals surface area contributed by atoms with Gasteiger partial charge in [-0.2, -0.15) is 0 Å². The average Bonchev–Trinajstić information content (AvgIpc) is 2.56. The Hall–Kier alpha value is -2.24. The van der Waals surface area contributed by atoms with E-state index in [4.69, 9.17) is 27.9 Å². The van der Waals surface area contributed by atoms with E-state index in [2.05, 4.69) is 5.32 Å². The van der Waals surface area contributed by atoms with Crippen molar-refractivity contribution in [1.82, 2.24) is 4.90 Å². The third-order valence-electron chi connectivity index (χ3n) is 3.68. The molecule has 0 bridgehead atoms. The molecule has 0 saturated carbocycles. The SMILES string of the molecule is COc1c(Cl)cc(C(=O)Nc2ccccc2CN(C)C(C)=O)cc1Cl. The smallest absolute Gasteiger partial charge is 0.255 e. The molecule has 5 nitrogen and oxygen atoms in total. The molecule has 25 heavy (non-hydrogen) atoms. The van der Waals surface area contributed by atoms with Crippen molar-refractivity contribution in [3.8, 4) is 5.75 Å². The first kappa shape index (κ1) is 19.1. The van der Waals surface area contributed by atoms with Crippen molar-refractivity contribution in [2.75, 3.05) is 19.5 Å². The number of methoxy groups -OCH3 is 1. The molecule has 0 heterocycles. The van der Waals surface area contributed by atoms with Crippen molar-refractivity contribution in [2.45, 2.75) is 13.5 Å². The highest BCUT2D eigenvalue weighted by atomic mass is 35.5. The van der Waals surface area contributed by atoms with Crippen LogP contribution in [-0.2, 0) is 11.3 Å². The number of halogens is 2. The lowest BCUT2D eigenvalue weighted by molar-refractivity contribution is -0.128. The number of benzene rings is 2. The molecule has 1 N–H and O–H groups in total. The van der Waals surface area contributed by atoms with Gasteiger partial charge in [0.15, 0.2) is 5.75 Å². The second-order valence-electron chi connectivity index (χ2n) is 5.46. The van der Waals surface area contributed by atoms with Crippen LogP contribution in [0.1, 0.15) is 22.8 Å². The van der Waals surface area contributed by atoms with Gasteiger partial charge in [0.1, 0.15) is 0 Å². The van der Waals surface area contributed by atoms with E-state index in [1.807, 2.05) is 12.1 Å². The molecule has 0 unspecified atom stereocenters. The number of ether oxygens (including phenoxy) is 1. The summed E-state index contributed by atoms with van der Waals surface area (Å²) in [5.41, 5.74) is 1.74. The predicted molar refractivity (Wildman–Crippen MR) is 99.6 cm³/mol. The number of nitrogens with one attached hydrogen (secondary N) is 1. The van der Waals surface area contributed by atoms with E-state index < -0.39 is 0 Å². The van der Waals surface area contributed by atoms with E-state index in [0.29, 0.717) is 23.5 Å². The van der Waals surface area contributed by atoms with Gasteiger partial charge < -0.3 is 15.0 Å². The zero-order valence-electron chi connectivity index (χ0n) is 14.1. The van der Waals surface area contributed by atoms with Crippen molar-refractivity contribution in [3.63, 3.8) is 0 Å². The molecule has 0 aliphatic heterocycles. The third kappa shape index (κ3) is 4.65. The number of nitrogens with zero attached hydrogens (tertiary/aromatic N) is 1. The van der Waals surface area contributed by atoms with Crippen molar-refractivity contribution in [2.24, 2.45) is 0 Å². The zero-order chi connectivity index (χ0) is 18.6. The Morgan fingerprint density at radius 1 is 1.16 bits per heavy atom. The molecular weight excluding hydrogens is 363 g/mol. The van der Waals surface area contributed by atoms with Gasteiger partial charge in [-0.25, -0.2) is 0 Å². The number of anilines is 1. The van der Waals surface area contributed by atoms with Gasteiger partial charge in [-0.05, 0) is 23.8 Å². The number of para-hydroxylation sites is 1. The van der Waals surface area contributed by atoms with Crippen LogP contribution in [0.25, 0.3) is 0 Å². The first-order valence-corrected chi connectivity index (χ1v) is 8.23. The molecule has 0 spiro atoms. The summed E-state index contributed by atoms with van der Waals surface area (Å²) in [5, 5.41) is 3.34. The Labute approximate surface area is 156 Å². The Morgan fingerprint density at radius 2 is 1.76 bits per heavy atom. The van der Waals surface area contributed by atoms with E-state index in [1.165, 1.54) is 26.2 Å². The fourth-order valence-corrected chi connectivity index (χ4v) is 2.87. The quantitative estimate of drug-likeness (QED) is 0.843. The summed E-state index contributed by atoms with van der Waals surface area (Å²) in [5.74, 6) is -0.0948. The van der Waals surface area contributed by atoms with Gasteiger partial charge in [-0.3, -0.25) is 9.59 Å². The van der Waals surface area contributed by atoms with Gasteiger partial charge in [-0.15, -0.1) is 0 Å². The molecule has 0 radical (unpaired) electrons. The summed E-state index contributed by atoms with van der Waals surface area (Å²) < 4.78 is 5.08. The van der Waals surface area contributed by atoms with Crippen LogP contribution in [0.4, 0.5) is 5.69 Å². The van der Waals surface area contributed by atoms with Gasteiger partial charge in [-0.1, -0.05) is 41.4 Å². The normalized spacial score (nSPS) is 10.3. The number of carbonyl (C=O) groups excluding carboxylic acids is 2. The number of hydrogen-bond donors (Lipinski definition) is 1. The highest BCUT2D eigenvalue weighted by Gasteiger charge is 2.15. The van der Waals surface area contributed by atoms with E-state index >= 15 is 0 Å². The van der Waals surface area contributed by atoms with Crippen LogP contribution in [0.15, 0.2) is 36.4 Å². The highest BCUT2D eigenvalue weighted by molar-refractivity contribution is 6.37. The minimum absolute atomic E-state index is 0.0603. The van der Waals surface area contributed by atoms with E-state index in [1.54, 1.807) is 24.1 Å². The summed E-state index contributed by atoms with van der Waals surface area (Å²) >= 11 is 12.2. The minimum atomic E-state index is -0.357. The topological polar surface area (TPSA) is 58.6 Å².